The summed E-state index contributed by atoms with van der Waals surface area (Å²) in [5, 5.41) is 9.24. The maximum Gasteiger partial charge on any atom is 0.138 e. The van der Waals surface area contributed by atoms with Crippen molar-refractivity contribution in [3.63, 3.8) is 0 Å². The van der Waals surface area contributed by atoms with E-state index in [1.54, 1.807) is 12.1 Å². The van der Waals surface area contributed by atoms with Crippen LogP contribution < -0.4 is 10.5 Å². The molecule has 1 unspecified atom stereocenters. The lowest BCUT2D eigenvalue weighted by Gasteiger charge is -2.11. The van der Waals surface area contributed by atoms with Gasteiger partial charge in [-0.2, -0.15) is 5.26 Å². The van der Waals surface area contributed by atoms with E-state index in [2.05, 4.69) is 0 Å². The third-order valence-corrected chi connectivity index (χ3v) is 3.34. The first kappa shape index (κ1) is 15.3. The van der Waals surface area contributed by atoms with E-state index in [1.165, 1.54) is 18.2 Å². The molecule has 0 aromatic heterocycles. The minimum absolute atomic E-state index is 0.00139. The monoisotopic (exact) mass is 304 g/mol. The van der Waals surface area contributed by atoms with Gasteiger partial charge in [0.15, 0.2) is 0 Å². The first-order valence-corrected chi connectivity index (χ1v) is 6.75. The zero-order valence-electron chi connectivity index (χ0n) is 11.4. The van der Waals surface area contributed by atoms with E-state index < -0.39 is 5.82 Å². The van der Waals surface area contributed by atoms with Crippen LogP contribution >= 0.6 is 11.6 Å². The lowest BCUT2D eigenvalue weighted by atomic mass is 10.1. The Balaban J connectivity index is 2.15. The van der Waals surface area contributed by atoms with Crippen LogP contribution in [0.3, 0.4) is 0 Å². The predicted molar refractivity (Wildman–Crippen MR) is 79.5 cm³/mol. The Bertz CT molecular complexity index is 695. The molecule has 0 amide bonds. The second kappa shape index (κ2) is 6.57. The highest BCUT2D eigenvalue weighted by Crippen LogP contribution is 2.28. The number of hydrogen-bond donors (Lipinski definition) is 1. The van der Waals surface area contributed by atoms with E-state index in [4.69, 9.17) is 27.3 Å². The molecule has 0 saturated carbocycles. The number of benzene rings is 2. The smallest absolute Gasteiger partial charge is 0.138 e. The SMILES string of the molecule is CC(N)c1ccc(OCc2cc(C#N)ccc2F)c(Cl)c1. The Hall–Kier alpha value is -2.09. The molecular formula is C16H14ClFN2O. The average molecular weight is 305 g/mol. The molecule has 0 saturated heterocycles. The second-order valence-electron chi connectivity index (χ2n) is 4.69. The van der Waals surface area contributed by atoms with Crippen LogP contribution in [0.1, 0.15) is 29.7 Å². The van der Waals surface area contributed by atoms with Gasteiger partial charge in [-0.25, -0.2) is 4.39 Å². The van der Waals surface area contributed by atoms with Gasteiger partial charge in [0.1, 0.15) is 18.2 Å². The van der Waals surface area contributed by atoms with Crippen molar-refractivity contribution in [2.45, 2.75) is 19.6 Å². The Labute approximate surface area is 127 Å². The fraction of sp³-hybridized carbons (Fsp3) is 0.188. The Morgan fingerprint density at radius 2 is 2.10 bits per heavy atom. The van der Waals surface area contributed by atoms with Crippen molar-refractivity contribution in [3.05, 3.63) is 63.9 Å². The number of nitriles is 1. The normalized spacial score (nSPS) is 11.8. The summed E-state index contributed by atoms with van der Waals surface area (Å²) in [6, 6.07) is 11.2. The molecule has 2 N–H and O–H groups in total. The van der Waals surface area contributed by atoms with E-state index in [-0.39, 0.29) is 12.6 Å². The van der Waals surface area contributed by atoms with Gasteiger partial charge in [-0.3, -0.25) is 0 Å². The van der Waals surface area contributed by atoms with E-state index in [1.807, 2.05) is 19.1 Å². The standard InChI is InChI=1S/C16H14ClFN2O/c1-10(20)12-3-5-16(14(17)7-12)21-9-13-6-11(8-19)2-4-15(13)18/h2-7,10H,9,20H2,1H3. The van der Waals surface area contributed by atoms with Gasteiger partial charge in [0.2, 0.25) is 0 Å². The lowest BCUT2D eigenvalue weighted by Crippen LogP contribution is -2.05. The zero-order valence-corrected chi connectivity index (χ0v) is 12.2. The van der Waals surface area contributed by atoms with Crippen LogP contribution in [0.4, 0.5) is 4.39 Å². The van der Waals surface area contributed by atoms with Crippen molar-refractivity contribution in [1.29, 1.82) is 5.26 Å². The molecule has 0 bridgehead atoms. The van der Waals surface area contributed by atoms with E-state index in [9.17, 15) is 4.39 Å². The molecule has 0 heterocycles. The molecule has 0 radical (unpaired) electrons. The maximum absolute atomic E-state index is 13.6. The van der Waals surface area contributed by atoms with Gasteiger partial charge in [-0.1, -0.05) is 17.7 Å². The van der Waals surface area contributed by atoms with Gasteiger partial charge in [0.25, 0.3) is 0 Å². The topological polar surface area (TPSA) is 59.0 Å². The number of nitrogens with zero attached hydrogens (tertiary/aromatic N) is 1. The third-order valence-electron chi connectivity index (χ3n) is 3.04. The molecule has 0 fully saturated rings. The summed E-state index contributed by atoms with van der Waals surface area (Å²) in [6.07, 6.45) is 0. The molecule has 0 aliphatic heterocycles. The third kappa shape index (κ3) is 3.72. The molecular weight excluding hydrogens is 291 g/mol. The molecule has 0 aliphatic carbocycles. The van der Waals surface area contributed by atoms with Crippen LogP contribution in [0.25, 0.3) is 0 Å². The fourth-order valence-corrected chi connectivity index (χ4v) is 2.07. The highest BCUT2D eigenvalue weighted by Gasteiger charge is 2.08. The molecule has 5 heteroatoms. The molecule has 3 nitrogen and oxygen atoms in total. The quantitative estimate of drug-likeness (QED) is 0.930. The number of halogens is 2. The highest BCUT2D eigenvalue weighted by molar-refractivity contribution is 6.32. The molecule has 2 aromatic carbocycles. The van der Waals surface area contributed by atoms with Gasteiger partial charge < -0.3 is 10.5 Å². The molecule has 21 heavy (non-hydrogen) atoms. The number of nitrogens with two attached hydrogens (primary N) is 1. The van der Waals surface area contributed by atoms with Gasteiger partial charge in [-0.15, -0.1) is 0 Å². The molecule has 0 spiro atoms. The predicted octanol–water partition coefficient (Wildman–Crippen LogP) is 3.95. The first-order valence-electron chi connectivity index (χ1n) is 6.37. The van der Waals surface area contributed by atoms with Crippen molar-refractivity contribution in [2.24, 2.45) is 5.73 Å². The molecule has 2 rings (SSSR count). The van der Waals surface area contributed by atoms with Crippen LogP contribution in [-0.4, -0.2) is 0 Å². The summed E-state index contributed by atoms with van der Waals surface area (Å²) in [4.78, 5) is 0. The Morgan fingerprint density at radius 1 is 1.33 bits per heavy atom. The van der Waals surface area contributed by atoms with E-state index >= 15 is 0 Å². The number of rotatable bonds is 4. The minimum atomic E-state index is -0.419. The second-order valence-corrected chi connectivity index (χ2v) is 5.09. The van der Waals surface area contributed by atoms with Crippen LogP contribution in [0.2, 0.25) is 5.02 Å². The maximum atomic E-state index is 13.6. The van der Waals surface area contributed by atoms with Gasteiger partial charge in [-0.05, 0) is 42.8 Å². The van der Waals surface area contributed by atoms with Crippen molar-refractivity contribution < 1.29 is 9.13 Å². The van der Waals surface area contributed by atoms with Crippen LogP contribution in [0.15, 0.2) is 36.4 Å². The van der Waals surface area contributed by atoms with Crippen LogP contribution in [0, 0.1) is 17.1 Å². The lowest BCUT2D eigenvalue weighted by molar-refractivity contribution is 0.300. The minimum Gasteiger partial charge on any atom is -0.487 e. The fourth-order valence-electron chi connectivity index (χ4n) is 1.83. The Kier molecular flexibility index (Phi) is 4.79. The molecule has 2 aromatic rings. The molecule has 108 valence electrons. The van der Waals surface area contributed by atoms with Crippen molar-refractivity contribution in [3.8, 4) is 11.8 Å². The van der Waals surface area contributed by atoms with Crippen molar-refractivity contribution >= 4 is 11.6 Å². The summed E-state index contributed by atoms with van der Waals surface area (Å²) in [5.74, 6) is 0.0279. The number of ether oxygens (including phenoxy) is 1. The van der Waals surface area contributed by atoms with E-state index in [0.717, 1.165) is 5.56 Å². The Morgan fingerprint density at radius 3 is 2.71 bits per heavy atom. The summed E-state index contributed by atoms with van der Waals surface area (Å²) in [5.41, 5.74) is 7.35. The largest absolute Gasteiger partial charge is 0.487 e. The molecule has 0 aliphatic rings. The first-order chi connectivity index (χ1) is 10.0. The highest BCUT2D eigenvalue weighted by atomic mass is 35.5. The summed E-state index contributed by atoms with van der Waals surface area (Å²) in [6.45, 7) is 1.85. The average Bonchev–Trinajstić information content (AvgIpc) is 2.47. The van der Waals surface area contributed by atoms with Crippen LogP contribution in [0.5, 0.6) is 5.75 Å². The van der Waals surface area contributed by atoms with Crippen LogP contribution in [-0.2, 0) is 6.61 Å². The van der Waals surface area contributed by atoms with Gasteiger partial charge in [0, 0.05) is 11.6 Å². The number of hydrogen-bond acceptors (Lipinski definition) is 3. The van der Waals surface area contributed by atoms with E-state index in [0.29, 0.717) is 21.9 Å². The van der Waals surface area contributed by atoms with Crippen molar-refractivity contribution in [1.82, 2.24) is 0 Å². The van der Waals surface area contributed by atoms with Gasteiger partial charge in [0.05, 0.1) is 16.7 Å². The summed E-state index contributed by atoms with van der Waals surface area (Å²) < 4.78 is 19.2. The molecule has 1 atom stereocenters. The zero-order chi connectivity index (χ0) is 15.4. The van der Waals surface area contributed by atoms with Crippen molar-refractivity contribution in [2.75, 3.05) is 0 Å². The summed E-state index contributed by atoms with van der Waals surface area (Å²) in [7, 11) is 0. The summed E-state index contributed by atoms with van der Waals surface area (Å²) >= 11 is 6.11. The van der Waals surface area contributed by atoms with Gasteiger partial charge >= 0.3 is 0 Å².